The second-order valence-electron chi connectivity index (χ2n) is 7.13. The molecule has 4 amide bonds. The molecule has 10 heteroatoms. The summed E-state index contributed by atoms with van der Waals surface area (Å²) in [6, 6.07) is 9.29. The Morgan fingerprint density at radius 1 is 1.00 bits per heavy atom. The van der Waals surface area contributed by atoms with Crippen LogP contribution in [0.5, 0.6) is 23.0 Å². The van der Waals surface area contributed by atoms with Crippen molar-refractivity contribution in [2.75, 3.05) is 25.4 Å². The number of hydrogen-bond acceptors (Lipinski definition) is 7. The summed E-state index contributed by atoms with van der Waals surface area (Å²) in [5.41, 5.74) is -0.324. The normalized spacial score (nSPS) is 21.0. The van der Waals surface area contributed by atoms with Crippen molar-refractivity contribution in [1.82, 2.24) is 10.2 Å². The number of hydrogen-bond donors (Lipinski definition) is 2. The first-order valence-electron chi connectivity index (χ1n) is 9.18. The molecule has 3 aliphatic rings. The van der Waals surface area contributed by atoms with Crippen LogP contribution >= 0.6 is 0 Å². The molecule has 1 fully saturated rings. The molecule has 0 bridgehead atoms. The second-order valence-corrected chi connectivity index (χ2v) is 7.13. The van der Waals surface area contributed by atoms with Crippen molar-refractivity contribution in [2.24, 2.45) is 0 Å². The number of nitrogens with zero attached hydrogens (tertiary/aromatic N) is 1. The number of carbonyl (C=O) groups is 3. The summed E-state index contributed by atoms with van der Waals surface area (Å²) < 4.78 is 21.1. The van der Waals surface area contributed by atoms with E-state index >= 15 is 0 Å². The van der Waals surface area contributed by atoms with Gasteiger partial charge in [0.05, 0.1) is 0 Å². The van der Waals surface area contributed by atoms with Crippen LogP contribution in [0.15, 0.2) is 36.4 Å². The van der Waals surface area contributed by atoms with E-state index in [0.717, 1.165) is 4.90 Å². The topological polar surface area (TPSA) is 115 Å². The number of benzene rings is 2. The number of amides is 4. The zero-order valence-electron chi connectivity index (χ0n) is 15.9. The molecule has 3 aliphatic heterocycles. The van der Waals surface area contributed by atoms with Crippen LogP contribution in [0.3, 0.4) is 0 Å². The lowest BCUT2D eigenvalue weighted by atomic mass is 9.91. The molecular weight excluding hydrogens is 394 g/mol. The van der Waals surface area contributed by atoms with Crippen molar-refractivity contribution in [3.05, 3.63) is 42.0 Å². The highest BCUT2D eigenvalue weighted by atomic mass is 16.7. The van der Waals surface area contributed by atoms with Gasteiger partial charge in [-0.25, -0.2) is 4.79 Å². The van der Waals surface area contributed by atoms with Gasteiger partial charge in [0, 0.05) is 11.8 Å². The summed E-state index contributed by atoms with van der Waals surface area (Å²) in [4.78, 5) is 38.9. The van der Waals surface area contributed by atoms with Gasteiger partial charge in [-0.15, -0.1) is 0 Å². The number of carbonyl (C=O) groups excluding carboxylic acids is 3. The smallest absolute Gasteiger partial charge is 0.325 e. The number of ether oxygens (including phenoxy) is 4. The minimum atomic E-state index is -1.32. The van der Waals surface area contributed by atoms with Crippen LogP contribution in [-0.2, 0) is 15.1 Å². The third-order valence-corrected chi connectivity index (χ3v) is 5.18. The zero-order chi connectivity index (χ0) is 20.9. The maximum atomic E-state index is 13.0. The van der Waals surface area contributed by atoms with E-state index in [4.69, 9.17) is 18.9 Å². The molecule has 0 spiro atoms. The summed E-state index contributed by atoms with van der Waals surface area (Å²) in [5.74, 6) is 1.10. The van der Waals surface area contributed by atoms with Crippen LogP contribution in [0.1, 0.15) is 12.5 Å². The Labute approximate surface area is 170 Å². The highest BCUT2D eigenvalue weighted by Crippen LogP contribution is 2.38. The Kier molecular flexibility index (Phi) is 3.95. The second kappa shape index (κ2) is 6.55. The van der Waals surface area contributed by atoms with Crippen molar-refractivity contribution in [3.63, 3.8) is 0 Å². The van der Waals surface area contributed by atoms with Gasteiger partial charge in [-0.2, -0.15) is 0 Å². The molecule has 2 aromatic rings. The summed E-state index contributed by atoms with van der Waals surface area (Å²) in [6.45, 7) is 1.37. The van der Waals surface area contributed by atoms with Gasteiger partial charge < -0.3 is 29.6 Å². The molecule has 30 heavy (non-hydrogen) atoms. The molecule has 0 saturated carbocycles. The van der Waals surface area contributed by atoms with Gasteiger partial charge in [0.25, 0.3) is 5.91 Å². The molecule has 10 nitrogen and oxygen atoms in total. The third kappa shape index (κ3) is 2.84. The highest BCUT2D eigenvalue weighted by Gasteiger charge is 2.49. The molecule has 2 N–H and O–H groups in total. The number of urea groups is 1. The van der Waals surface area contributed by atoms with Gasteiger partial charge >= 0.3 is 6.03 Å². The Balaban J connectivity index is 1.31. The van der Waals surface area contributed by atoms with Crippen LogP contribution in [0.4, 0.5) is 10.5 Å². The third-order valence-electron chi connectivity index (χ3n) is 5.18. The molecule has 5 rings (SSSR count). The van der Waals surface area contributed by atoms with Crippen LogP contribution in [0, 0.1) is 0 Å². The molecule has 0 aromatic heterocycles. The Morgan fingerprint density at radius 3 is 2.37 bits per heavy atom. The summed E-state index contributed by atoms with van der Waals surface area (Å²) >= 11 is 0. The van der Waals surface area contributed by atoms with Crippen molar-refractivity contribution in [2.45, 2.75) is 12.5 Å². The lowest BCUT2D eigenvalue weighted by Gasteiger charge is -2.22. The van der Waals surface area contributed by atoms with Gasteiger partial charge in [-0.1, -0.05) is 6.07 Å². The van der Waals surface area contributed by atoms with Crippen LogP contribution in [-0.4, -0.2) is 42.9 Å². The minimum Gasteiger partial charge on any atom is -0.454 e. The average molecular weight is 411 g/mol. The molecule has 1 atom stereocenters. The Morgan fingerprint density at radius 2 is 1.63 bits per heavy atom. The van der Waals surface area contributed by atoms with E-state index < -0.39 is 29.9 Å². The van der Waals surface area contributed by atoms with Crippen molar-refractivity contribution < 1.29 is 33.3 Å². The van der Waals surface area contributed by atoms with E-state index in [2.05, 4.69) is 10.6 Å². The number of fused-ring (bicyclic) bond motifs is 2. The molecular formula is C20H17N3O7. The summed E-state index contributed by atoms with van der Waals surface area (Å²) in [5, 5.41) is 5.32. The zero-order valence-corrected chi connectivity index (χ0v) is 15.9. The highest BCUT2D eigenvalue weighted by molar-refractivity contribution is 6.10. The Bertz CT molecular complexity index is 1090. The summed E-state index contributed by atoms with van der Waals surface area (Å²) in [7, 11) is 0. The number of nitrogens with one attached hydrogen (secondary N) is 2. The number of rotatable bonds is 4. The van der Waals surface area contributed by atoms with Gasteiger partial charge in [0.1, 0.15) is 12.1 Å². The van der Waals surface area contributed by atoms with Gasteiger partial charge in [-0.05, 0) is 36.8 Å². The van der Waals surface area contributed by atoms with Gasteiger partial charge in [0.15, 0.2) is 23.0 Å². The predicted molar refractivity (Wildman–Crippen MR) is 101 cm³/mol. The van der Waals surface area contributed by atoms with Crippen molar-refractivity contribution >= 4 is 23.5 Å². The molecule has 1 saturated heterocycles. The van der Waals surface area contributed by atoms with Gasteiger partial charge in [0.2, 0.25) is 19.5 Å². The van der Waals surface area contributed by atoms with E-state index in [9.17, 15) is 14.4 Å². The average Bonchev–Trinajstić information content (AvgIpc) is 3.43. The monoisotopic (exact) mass is 411 g/mol. The quantitative estimate of drug-likeness (QED) is 0.734. The van der Waals surface area contributed by atoms with E-state index in [1.807, 2.05) is 0 Å². The first-order chi connectivity index (χ1) is 14.4. The number of imide groups is 1. The predicted octanol–water partition coefficient (Wildman–Crippen LogP) is 1.55. The van der Waals surface area contributed by atoms with Crippen molar-refractivity contribution in [3.8, 4) is 23.0 Å². The molecule has 2 aromatic carbocycles. The van der Waals surface area contributed by atoms with Gasteiger partial charge in [-0.3, -0.25) is 14.5 Å². The molecule has 3 heterocycles. The van der Waals surface area contributed by atoms with E-state index in [1.54, 1.807) is 43.3 Å². The first kappa shape index (κ1) is 18.1. The van der Waals surface area contributed by atoms with Crippen LogP contribution in [0.25, 0.3) is 0 Å². The van der Waals surface area contributed by atoms with Crippen LogP contribution in [0.2, 0.25) is 0 Å². The standard InChI is InChI=1S/C20H17N3O7/c1-20(11-2-4-13-15(6-11)29-9-27-13)18(25)23(19(26)22-20)8-17(24)21-12-3-5-14-16(7-12)30-10-28-14/h2-7H,8-10H2,1H3,(H,21,24)(H,22,26). The number of anilines is 1. The molecule has 0 radical (unpaired) electrons. The van der Waals surface area contributed by atoms with Crippen LogP contribution < -0.4 is 29.6 Å². The SMILES string of the molecule is CC1(c2ccc3c(c2)OCO3)NC(=O)N(CC(=O)Nc2ccc3c(c2)OCO3)C1=O. The fourth-order valence-electron chi connectivity index (χ4n) is 3.56. The minimum absolute atomic E-state index is 0.0992. The van der Waals surface area contributed by atoms with E-state index in [0.29, 0.717) is 34.2 Å². The first-order valence-corrected chi connectivity index (χ1v) is 9.18. The maximum absolute atomic E-state index is 13.0. The lowest BCUT2D eigenvalue weighted by Crippen LogP contribution is -2.42. The van der Waals surface area contributed by atoms with Crippen molar-refractivity contribution in [1.29, 1.82) is 0 Å². The van der Waals surface area contributed by atoms with E-state index in [-0.39, 0.29) is 13.6 Å². The molecule has 154 valence electrons. The maximum Gasteiger partial charge on any atom is 0.325 e. The largest absolute Gasteiger partial charge is 0.454 e. The van der Waals surface area contributed by atoms with E-state index in [1.165, 1.54) is 0 Å². The molecule has 1 unspecified atom stereocenters. The Hall–Kier alpha value is -3.95. The fraction of sp³-hybridized carbons (Fsp3) is 0.250. The summed E-state index contributed by atoms with van der Waals surface area (Å²) in [6.07, 6.45) is 0. The lowest BCUT2D eigenvalue weighted by molar-refractivity contribution is -0.133. The fourth-order valence-corrected chi connectivity index (χ4v) is 3.56. The molecule has 0 aliphatic carbocycles.